The van der Waals surface area contributed by atoms with Crippen LogP contribution in [0.1, 0.15) is 31.9 Å². The first-order valence-corrected chi connectivity index (χ1v) is 6.34. The predicted octanol–water partition coefficient (Wildman–Crippen LogP) is 2.71. The maximum absolute atomic E-state index is 9.13. The minimum absolute atomic E-state index is 0.221. The largest absolute Gasteiger partial charge is 0.393 e. The highest BCUT2D eigenvalue weighted by Gasteiger charge is 2.04. The van der Waals surface area contributed by atoms with Gasteiger partial charge in [-0.3, -0.25) is 0 Å². The smallest absolute Gasteiger partial charge is 0.0524 e. The fourth-order valence-electron chi connectivity index (χ4n) is 1.38. The zero-order chi connectivity index (χ0) is 11.3. The standard InChI is InChI=1S/C12H18INO/c1-9(15)7-8-14-10(2)11-3-5-12(13)6-4-11/h3-6,9-10,14-15H,7-8H2,1-2H3. The number of rotatable bonds is 5. The van der Waals surface area contributed by atoms with E-state index in [1.807, 2.05) is 6.92 Å². The van der Waals surface area contributed by atoms with Gasteiger partial charge >= 0.3 is 0 Å². The minimum Gasteiger partial charge on any atom is -0.393 e. The van der Waals surface area contributed by atoms with Gasteiger partial charge in [-0.25, -0.2) is 0 Å². The number of aliphatic hydroxyl groups is 1. The molecule has 84 valence electrons. The molecule has 15 heavy (non-hydrogen) atoms. The van der Waals surface area contributed by atoms with Crippen LogP contribution >= 0.6 is 22.6 Å². The van der Waals surface area contributed by atoms with Crippen LogP contribution < -0.4 is 5.32 Å². The maximum atomic E-state index is 9.13. The Morgan fingerprint density at radius 1 is 1.27 bits per heavy atom. The molecule has 2 N–H and O–H groups in total. The van der Waals surface area contributed by atoms with Crippen LogP contribution in [0.5, 0.6) is 0 Å². The molecule has 0 spiro atoms. The van der Waals surface area contributed by atoms with Crippen LogP contribution in [0.25, 0.3) is 0 Å². The van der Waals surface area contributed by atoms with Gasteiger partial charge in [0.1, 0.15) is 0 Å². The molecule has 0 aliphatic heterocycles. The molecule has 0 aliphatic carbocycles. The summed E-state index contributed by atoms with van der Waals surface area (Å²) in [5, 5.41) is 12.5. The Morgan fingerprint density at radius 2 is 1.87 bits per heavy atom. The summed E-state index contributed by atoms with van der Waals surface area (Å²) >= 11 is 2.30. The van der Waals surface area contributed by atoms with E-state index in [9.17, 15) is 0 Å². The summed E-state index contributed by atoms with van der Waals surface area (Å²) in [5.74, 6) is 0. The second kappa shape index (κ2) is 6.45. The Morgan fingerprint density at radius 3 is 2.40 bits per heavy atom. The Hall–Kier alpha value is -0.130. The first kappa shape index (κ1) is 12.9. The number of nitrogens with one attached hydrogen (secondary N) is 1. The zero-order valence-corrected chi connectivity index (χ0v) is 11.4. The first-order chi connectivity index (χ1) is 7.09. The number of aliphatic hydroxyl groups excluding tert-OH is 1. The SMILES string of the molecule is CC(O)CCNC(C)c1ccc(I)cc1. The van der Waals surface area contributed by atoms with E-state index in [1.165, 1.54) is 9.13 Å². The van der Waals surface area contributed by atoms with Gasteiger partial charge in [-0.05, 0) is 67.1 Å². The van der Waals surface area contributed by atoms with Gasteiger partial charge in [0, 0.05) is 9.61 Å². The van der Waals surface area contributed by atoms with E-state index in [4.69, 9.17) is 5.11 Å². The van der Waals surface area contributed by atoms with Crippen LogP contribution in [0.3, 0.4) is 0 Å². The van der Waals surface area contributed by atoms with E-state index in [2.05, 4.69) is 59.1 Å². The van der Waals surface area contributed by atoms with Crippen molar-refractivity contribution in [3.05, 3.63) is 33.4 Å². The molecule has 0 fully saturated rings. The Kier molecular flexibility index (Phi) is 5.56. The molecule has 0 saturated carbocycles. The molecule has 1 aromatic carbocycles. The van der Waals surface area contributed by atoms with Crippen molar-refractivity contribution in [1.82, 2.24) is 5.32 Å². The second-order valence-corrected chi connectivity index (χ2v) is 5.11. The van der Waals surface area contributed by atoms with Crippen LogP contribution in [-0.4, -0.2) is 17.8 Å². The monoisotopic (exact) mass is 319 g/mol. The lowest BCUT2D eigenvalue weighted by Crippen LogP contribution is -2.22. The van der Waals surface area contributed by atoms with Crippen molar-refractivity contribution in [3.8, 4) is 0 Å². The Bertz CT molecular complexity index is 284. The fourth-order valence-corrected chi connectivity index (χ4v) is 1.74. The van der Waals surface area contributed by atoms with E-state index in [0.717, 1.165) is 13.0 Å². The molecule has 1 aromatic rings. The lowest BCUT2D eigenvalue weighted by Gasteiger charge is -2.14. The number of benzene rings is 1. The molecule has 2 atom stereocenters. The van der Waals surface area contributed by atoms with Crippen molar-refractivity contribution in [1.29, 1.82) is 0 Å². The highest BCUT2D eigenvalue weighted by atomic mass is 127. The summed E-state index contributed by atoms with van der Waals surface area (Å²) in [4.78, 5) is 0. The molecule has 0 aromatic heterocycles. The normalized spacial score (nSPS) is 14.9. The van der Waals surface area contributed by atoms with Crippen LogP contribution in [-0.2, 0) is 0 Å². The molecule has 1 rings (SSSR count). The van der Waals surface area contributed by atoms with Crippen molar-refractivity contribution in [2.75, 3.05) is 6.54 Å². The van der Waals surface area contributed by atoms with Crippen LogP contribution in [0.4, 0.5) is 0 Å². The quantitative estimate of drug-likeness (QED) is 0.818. The third-order valence-electron chi connectivity index (χ3n) is 2.38. The lowest BCUT2D eigenvalue weighted by atomic mass is 10.1. The molecule has 2 nitrogen and oxygen atoms in total. The number of halogens is 1. The molecule has 3 heteroatoms. The van der Waals surface area contributed by atoms with E-state index < -0.39 is 0 Å². The van der Waals surface area contributed by atoms with Gasteiger partial charge < -0.3 is 10.4 Å². The average Bonchev–Trinajstić information content (AvgIpc) is 2.18. The van der Waals surface area contributed by atoms with E-state index >= 15 is 0 Å². The summed E-state index contributed by atoms with van der Waals surface area (Å²) < 4.78 is 1.26. The van der Waals surface area contributed by atoms with E-state index in [0.29, 0.717) is 6.04 Å². The predicted molar refractivity (Wildman–Crippen MR) is 71.9 cm³/mol. The molecule has 0 aliphatic rings. The Balaban J connectivity index is 2.40. The number of hydrogen-bond acceptors (Lipinski definition) is 2. The molecule has 0 saturated heterocycles. The van der Waals surface area contributed by atoms with Gasteiger partial charge in [0.25, 0.3) is 0 Å². The van der Waals surface area contributed by atoms with Crippen molar-refractivity contribution in [2.45, 2.75) is 32.4 Å². The average molecular weight is 319 g/mol. The summed E-state index contributed by atoms with van der Waals surface area (Å²) in [6.07, 6.45) is 0.579. The topological polar surface area (TPSA) is 32.3 Å². The van der Waals surface area contributed by atoms with Gasteiger partial charge in [0.2, 0.25) is 0 Å². The van der Waals surface area contributed by atoms with Crippen LogP contribution in [0, 0.1) is 3.57 Å². The van der Waals surface area contributed by atoms with Gasteiger partial charge in [0.15, 0.2) is 0 Å². The van der Waals surface area contributed by atoms with Crippen molar-refractivity contribution in [3.63, 3.8) is 0 Å². The summed E-state index contributed by atoms with van der Waals surface area (Å²) in [6.45, 7) is 4.81. The molecule has 2 unspecified atom stereocenters. The van der Waals surface area contributed by atoms with E-state index in [1.54, 1.807) is 0 Å². The third kappa shape index (κ3) is 4.95. The molecular formula is C12H18INO. The minimum atomic E-state index is -0.221. The van der Waals surface area contributed by atoms with Gasteiger partial charge in [-0.15, -0.1) is 0 Å². The van der Waals surface area contributed by atoms with Crippen LogP contribution in [0.15, 0.2) is 24.3 Å². The van der Waals surface area contributed by atoms with E-state index in [-0.39, 0.29) is 6.10 Å². The molecular weight excluding hydrogens is 301 g/mol. The summed E-state index contributed by atoms with van der Waals surface area (Å²) in [6, 6.07) is 8.86. The molecule has 0 amide bonds. The fraction of sp³-hybridized carbons (Fsp3) is 0.500. The lowest BCUT2D eigenvalue weighted by molar-refractivity contribution is 0.182. The number of hydrogen-bond donors (Lipinski definition) is 2. The zero-order valence-electron chi connectivity index (χ0n) is 9.20. The highest BCUT2D eigenvalue weighted by molar-refractivity contribution is 14.1. The summed E-state index contributed by atoms with van der Waals surface area (Å²) in [5.41, 5.74) is 1.29. The molecule has 0 radical (unpaired) electrons. The Labute approximate surface area is 105 Å². The molecule has 0 heterocycles. The van der Waals surface area contributed by atoms with Gasteiger partial charge in [0.05, 0.1) is 6.10 Å². The van der Waals surface area contributed by atoms with Crippen molar-refractivity contribution >= 4 is 22.6 Å². The van der Waals surface area contributed by atoms with Crippen LogP contribution in [0.2, 0.25) is 0 Å². The van der Waals surface area contributed by atoms with Crippen molar-refractivity contribution in [2.24, 2.45) is 0 Å². The highest BCUT2D eigenvalue weighted by Crippen LogP contribution is 2.14. The second-order valence-electron chi connectivity index (χ2n) is 3.87. The van der Waals surface area contributed by atoms with Gasteiger partial charge in [-0.2, -0.15) is 0 Å². The van der Waals surface area contributed by atoms with Gasteiger partial charge in [-0.1, -0.05) is 12.1 Å². The van der Waals surface area contributed by atoms with Crippen molar-refractivity contribution < 1.29 is 5.11 Å². The summed E-state index contributed by atoms with van der Waals surface area (Å²) in [7, 11) is 0. The maximum Gasteiger partial charge on any atom is 0.0524 e. The third-order valence-corrected chi connectivity index (χ3v) is 3.10. The molecule has 0 bridgehead atoms. The first-order valence-electron chi connectivity index (χ1n) is 5.26.